The third kappa shape index (κ3) is 3.12. The fraction of sp³-hybridized carbons (Fsp3) is 0.308. The Balaban J connectivity index is 2.91. The minimum Gasteiger partial charge on any atom is -0.380 e. The smallest absolute Gasteiger partial charge is 0.170 e. The molecule has 0 bridgehead atoms. The Morgan fingerprint density at radius 3 is 2.31 bits per heavy atom. The minimum absolute atomic E-state index is 0.141. The molecule has 0 aliphatic carbocycles. The lowest BCUT2D eigenvalue weighted by Gasteiger charge is -2.18. The van der Waals surface area contributed by atoms with Gasteiger partial charge in [0.25, 0.3) is 0 Å². The van der Waals surface area contributed by atoms with Gasteiger partial charge in [-0.1, -0.05) is 56.8 Å². The van der Waals surface area contributed by atoms with E-state index in [0.29, 0.717) is 5.84 Å². The Labute approximate surface area is 96.6 Å². The standard InChI is InChI=1S/C13H18N2O/c1-5-16-15-12(14)10-6-8-11(9-7-10)13(2,3)4/h5-9H,1H2,2-4H3,(H2,14,15). The van der Waals surface area contributed by atoms with E-state index in [1.807, 2.05) is 24.3 Å². The van der Waals surface area contributed by atoms with E-state index in [4.69, 9.17) is 5.73 Å². The zero-order chi connectivity index (χ0) is 12.2. The molecule has 1 aromatic rings. The lowest BCUT2D eigenvalue weighted by molar-refractivity contribution is 0.269. The molecule has 86 valence electrons. The Bertz CT molecular complexity index is 385. The van der Waals surface area contributed by atoms with Gasteiger partial charge >= 0.3 is 0 Å². The minimum atomic E-state index is 0.141. The highest BCUT2D eigenvalue weighted by Gasteiger charge is 2.13. The average molecular weight is 218 g/mol. The zero-order valence-electron chi connectivity index (χ0n) is 10.0. The first-order valence-corrected chi connectivity index (χ1v) is 5.16. The molecule has 0 amide bonds. The van der Waals surface area contributed by atoms with Crippen LogP contribution in [0.25, 0.3) is 0 Å². The van der Waals surface area contributed by atoms with Crippen molar-refractivity contribution in [3.8, 4) is 0 Å². The van der Waals surface area contributed by atoms with Gasteiger partial charge in [0, 0.05) is 5.56 Å². The molecule has 0 radical (unpaired) electrons. The van der Waals surface area contributed by atoms with E-state index in [-0.39, 0.29) is 5.41 Å². The van der Waals surface area contributed by atoms with Gasteiger partial charge in [-0.25, -0.2) is 0 Å². The van der Waals surface area contributed by atoms with E-state index in [0.717, 1.165) is 5.56 Å². The van der Waals surface area contributed by atoms with E-state index < -0.39 is 0 Å². The van der Waals surface area contributed by atoms with Crippen LogP contribution in [0.1, 0.15) is 31.9 Å². The van der Waals surface area contributed by atoms with Gasteiger partial charge in [-0.05, 0) is 11.0 Å². The molecular weight excluding hydrogens is 200 g/mol. The van der Waals surface area contributed by atoms with Gasteiger partial charge in [-0.2, -0.15) is 0 Å². The van der Waals surface area contributed by atoms with Crippen molar-refractivity contribution in [2.24, 2.45) is 10.9 Å². The molecule has 1 rings (SSSR count). The number of nitrogens with two attached hydrogens (primary N) is 1. The molecule has 0 aliphatic rings. The highest BCUT2D eigenvalue weighted by Crippen LogP contribution is 2.22. The molecule has 0 heterocycles. The van der Waals surface area contributed by atoms with E-state index in [2.05, 4.69) is 37.3 Å². The second-order valence-electron chi connectivity index (χ2n) is 4.58. The summed E-state index contributed by atoms with van der Waals surface area (Å²) in [5.74, 6) is 0.348. The molecule has 0 atom stereocenters. The first kappa shape index (κ1) is 12.3. The molecule has 2 N–H and O–H groups in total. The second-order valence-corrected chi connectivity index (χ2v) is 4.58. The van der Waals surface area contributed by atoms with Crippen molar-refractivity contribution in [3.63, 3.8) is 0 Å². The van der Waals surface area contributed by atoms with E-state index >= 15 is 0 Å². The number of nitrogens with zero attached hydrogens (tertiary/aromatic N) is 1. The summed E-state index contributed by atoms with van der Waals surface area (Å²) in [4.78, 5) is 4.67. The van der Waals surface area contributed by atoms with Crippen LogP contribution in [0.5, 0.6) is 0 Å². The number of amidine groups is 1. The lowest BCUT2D eigenvalue weighted by atomic mass is 9.87. The summed E-state index contributed by atoms with van der Waals surface area (Å²) < 4.78 is 0. The molecule has 3 nitrogen and oxygen atoms in total. The van der Waals surface area contributed by atoms with Gasteiger partial charge in [-0.3, -0.25) is 0 Å². The van der Waals surface area contributed by atoms with Crippen LogP contribution < -0.4 is 5.73 Å². The molecule has 0 fully saturated rings. The summed E-state index contributed by atoms with van der Waals surface area (Å²) in [6, 6.07) is 7.97. The molecule has 0 aromatic heterocycles. The Kier molecular flexibility index (Phi) is 3.72. The zero-order valence-corrected chi connectivity index (χ0v) is 10.0. The monoisotopic (exact) mass is 218 g/mol. The van der Waals surface area contributed by atoms with Crippen molar-refractivity contribution in [1.29, 1.82) is 0 Å². The molecule has 0 unspecified atom stereocenters. The molecule has 1 aromatic carbocycles. The van der Waals surface area contributed by atoms with Crippen LogP contribution in [0.4, 0.5) is 0 Å². The summed E-state index contributed by atoms with van der Waals surface area (Å²) in [6.45, 7) is 9.89. The number of hydrogen-bond acceptors (Lipinski definition) is 2. The van der Waals surface area contributed by atoms with Gasteiger partial charge in [-0.15, -0.1) is 0 Å². The quantitative estimate of drug-likeness (QED) is 0.367. The Morgan fingerprint density at radius 1 is 1.31 bits per heavy atom. The predicted molar refractivity (Wildman–Crippen MR) is 67.1 cm³/mol. The highest BCUT2D eigenvalue weighted by molar-refractivity contribution is 5.97. The molecule has 0 aliphatic heterocycles. The second kappa shape index (κ2) is 4.84. The largest absolute Gasteiger partial charge is 0.380 e. The number of benzene rings is 1. The van der Waals surface area contributed by atoms with E-state index in [1.54, 1.807) is 0 Å². The molecule has 0 spiro atoms. The summed E-state index contributed by atoms with van der Waals surface area (Å²) in [7, 11) is 0. The lowest BCUT2D eigenvalue weighted by Crippen LogP contribution is -2.15. The molecule has 3 heteroatoms. The van der Waals surface area contributed by atoms with Gasteiger partial charge in [0.15, 0.2) is 5.84 Å². The maximum Gasteiger partial charge on any atom is 0.170 e. The van der Waals surface area contributed by atoms with Gasteiger partial charge in [0.05, 0.1) is 0 Å². The summed E-state index contributed by atoms with van der Waals surface area (Å²) in [5.41, 5.74) is 7.96. The van der Waals surface area contributed by atoms with Crippen LogP contribution in [0.3, 0.4) is 0 Å². The van der Waals surface area contributed by atoms with Crippen LogP contribution >= 0.6 is 0 Å². The summed E-state index contributed by atoms with van der Waals surface area (Å²) in [6.07, 6.45) is 1.23. The van der Waals surface area contributed by atoms with Crippen LogP contribution in [0.15, 0.2) is 42.3 Å². The third-order valence-corrected chi connectivity index (χ3v) is 2.27. The number of rotatable bonds is 3. The summed E-state index contributed by atoms with van der Waals surface area (Å²) >= 11 is 0. The maximum atomic E-state index is 5.72. The van der Waals surface area contributed by atoms with Gasteiger partial charge in [0.1, 0.15) is 6.26 Å². The van der Waals surface area contributed by atoms with Crippen LogP contribution in [-0.4, -0.2) is 5.84 Å². The predicted octanol–water partition coefficient (Wildman–Crippen LogP) is 2.76. The molecular formula is C13H18N2O. The summed E-state index contributed by atoms with van der Waals surface area (Å²) in [5, 5.41) is 3.68. The topological polar surface area (TPSA) is 47.6 Å². The van der Waals surface area contributed by atoms with Crippen molar-refractivity contribution in [1.82, 2.24) is 0 Å². The normalized spacial score (nSPS) is 12.3. The van der Waals surface area contributed by atoms with E-state index in [1.165, 1.54) is 11.8 Å². The molecule has 0 saturated carbocycles. The third-order valence-electron chi connectivity index (χ3n) is 2.27. The van der Waals surface area contributed by atoms with Gasteiger partial charge < -0.3 is 10.6 Å². The van der Waals surface area contributed by atoms with Crippen LogP contribution in [0.2, 0.25) is 0 Å². The Morgan fingerprint density at radius 2 is 1.88 bits per heavy atom. The number of oxime groups is 1. The molecule has 16 heavy (non-hydrogen) atoms. The fourth-order valence-electron chi connectivity index (χ4n) is 1.29. The first-order valence-electron chi connectivity index (χ1n) is 5.16. The van der Waals surface area contributed by atoms with Crippen LogP contribution in [-0.2, 0) is 10.3 Å². The van der Waals surface area contributed by atoms with Crippen molar-refractivity contribution in [2.75, 3.05) is 0 Å². The Hall–Kier alpha value is -1.77. The van der Waals surface area contributed by atoms with E-state index in [9.17, 15) is 0 Å². The van der Waals surface area contributed by atoms with Crippen molar-refractivity contribution in [3.05, 3.63) is 48.2 Å². The molecule has 0 saturated heterocycles. The van der Waals surface area contributed by atoms with Crippen molar-refractivity contribution in [2.45, 2.75) is 26.2 Å². The highest BCUT2D eigenvalue weighted by atomic mass is 16.6. The fourth-order valence-corrected chi connectivity index (χ4v) is 1.29. The van der Waals surface area contributed by atoms with Gasteiger partial charge in [0.2, 0.25) is 0 Å². The van der Waals surface area contributed by atoms with Crippen molar-refractivity contribution >= 4 is 5.84 Å². The maximum absolute atomic E-state index is 5.72. The van der Waals surface area contributed by atoms with Crippen LogP contribution in [0, 0.1) is 0 Å². The first-order chi connectivity index (χ1) is 7.45. The van der Waals surface area contributed by atoms with Crippen molar-refractivity contribution < 1.29 is 4.84 Å². The number of hydrogen-bond donors (Lipinski definition) is 1. The average Bonchev–Trinajstić information content (AvgIpc) is 2.25. The SMILES string of the molecule is C=CO/N=C(\N)c1ccc(C(C)(C)C)cc1.